The summed E-state index contributed by atoms with van der Waals surface area (Å²) >= 11 is 0. The second kappa shape index (κ2) is 8.70. The molecule has 9 heteroatoms. The minimum absolute atomic E-state index is 0.0251. The molecular weight excluding hydrogens is 394 g/mol. The zero-order chi connectivity index (χ0) is 20.9. The molecule has 0 aliphatic carbocycles. The molecule has 150 valence electrons. The second-order valence-corrected chi connectivity index (χ2v) is 8.26. The maximum absolute atomic E-state index is 11.7. The van der Waals surface area contributed by atoms with E-state index in [9.17, 15) is 18.5 Å². The van der Waals surface area contributed by atoms with E-state index in [0.29, 0.717) is 12.1 Å². The highest BCUT2D eigenvalue weighted by Crippen LogP contribution is 2.26. The van der Waals surface area contributed by atoms with Gasteiger partial charge in [-0.1, -0.05) is 36.4 Å². The summed E-state index contributed by atoms with van der Waals surface area (Å²) in [6.07, 6.45) is 5.05. The summed E-state index contributed by atoms with van der Waals surface area (Å²) in [5, 5.41) is 14.0. The molecule has 0 unspecified atom stereocenters. The third-order valence-electron chi connectivity index (χ3n) is 4.08. The number of aromatic nitrogens is 2. The molecule has 0 saturated carbocycles. The minimum Gasteiger partial charge on any atom is -0.314 e. The third-order valence-corrected chi connectivity index (χ3v) is 5.21. The van der Waals surface area contributed by atoms with Crippen molar-refractivity contribution in [3.63, 3.8) is 0 Å². The first-order valence-electron chi connectivity index (χ1n) is 8.74. The maximum atomic E-state index is 11.7. The molecule has 0 spiro atoms. The van der Waals surface area contributed by atoms with E-state index in [2.05, 4.69) is 9.94 Å². The molecule has 3 rings (SSSR count). The molecule has 0 radical (unpaired) electrons. The van der Waals surface area contributed by atoms with Crippen LogP contribution in [0.3, 0.4) is 0 Å². The number of hydrogen-bond acceptors (Lipinski definition) is 6. The van der Waals surface area contributed by atoms with E-state index in [4.69, 9.17) is 0 Å². The van der Waals surface area contributed by atoms with Crippen LogP contribution >= 0.6 is 0 Å². The Morgan fingerprint density at radius 1 is 1.14 bits per heavy atom. The van der Waals surface area contributed by atoms with E-state index in [1.165, 1.54) is 6.26 Å². The van der Waals surface area contributed by atoms with Gasteiger partial charge in [0, 0.05) is 11.8 Å². The van der Waals surface area contributed by atoms with Crippen LogP contribution in [0.2, 0.25) is 0 Å². The number of hydrogen-bond donors (Lipinski definition) is 0. The zero-order valence-corrected chi connectivity index (χ0v) is 16.5. The summed E-state index contributed by atoms with van der Waals surface area (Å²) in [5.41, 5.74) is 3.12. The Bertz CT molecular complexity index is 1120. The van der Waals surface area contributed by atoms with Crippen molar-refractivity contribution in [3.8, 4) is 16.9 Å². The Labute approximate surface area is 168 Å². The molecule has 29 heavy (non-hydrogen) atoms. The molecule has 0 atom stereocenters. The van der Waals surface area contributed by atoms with Crippen LogP contribution < -0.4 is 0 Å². The van der Waals surface area contributed by atoms with Gasteiger partial charge in [-0.25, -0.2) is 13.1 Å². The quantitative estimate of drug-likeness (QED) is 0.318. The first-order valence-corrected chi connectivity index (χ1v) is 10.6. The van der Waals surface area contributed by atoms with Gasteiger partial charge in [0.1, 0.15) is 0 Å². The molecule has 2 aromatic carbocycles. The predicted octanol–water partition coefficient (Wildman–Crippen LogP) is 3.55. The van der Waals surface area contributed by atoms with Crippen LogP contribution in [0.1, 0.15) is 12.1 Å². The van der Waals surface area contributed by atoms with E-state index >= 15 is 0 Å². The Hall–Kier alpha value is -3.46. The molecule has 0 bridgehead atoms. The molecule has 0 fully saturated rings. The molecule has 0 amide bonds. The topological polar surface area (TPSA) is 104 Å². The smallest absolute Gasteiger partial charge is 0.294 e. The van der Waals surface area contributed by atoms with Gasteiger partial charge in [0.2, 0.25) is 0 Å². The van der Waals surface area contributed by atoms with Gasteiger partial charge in [-0.2, -0.15) is 5.10 Å². The van der Waals surface area contributed by atoms with Crippen molar-refractivity contribution in [1.82, 2.24) is 9.78 Å². The number of benzene rings is 2. The summed E-state index contributed by atoms with van der Waals surface area (Å²) in [5.74, 6) is 0. The number of para-hydroxylation sites is 1. The Morgan fingerprint density at radius 2 is 1.83 bits per heavy atom. The van der Waals surface area contributed by atoms with Crippen LogP contribution in [0.25, 0.3) is 23.0 Å². The Kier molecular flexibility index (Phi) is 6.08. The molecule has 1 aromatic heterocycles. The van der Waals surface area contributed by atoms with Gasteiger partial charge < -0.3 is 4.84 Å². The van der Waals surface area contributed by atoms with Crippen LogP contribution in [0, 0.1) is 10.1 Å². The van der Waals surface area contributed by atoms with Crippen molar-refractivity contribution in [2.75, 3.05) is 12.9 Å². The average Bonchev–Trinajstić information content (AvgIpc) is 3.12. The van der Waals surface area contributed by atoms with Crippen LogP contribution in [0.4, 0.5) is 0 Å². The highest BCUT2D eigenvalue weighted by Gasteiger charge is 2.12. The fourth-order valence-electron chi connectivity index (χ4n) is 2.72. The monoisotopic (exact) mass is 413 g/mol. The normalized spacial score (nSPS) is 11.6. The molecule has 0 N–H and O–H groups in total. The van der Waals surface area contributed by atoms with Gasteiger partial charge in [0.25, 0.3) is 5.09 Å². The Balaban J connectivity index is 1.93. The predicted molar refractivity (Wildman–Crippen MR) is 109 cm³/mol. The number of nitrogens with zero attached hydrogens (tertiary/aromatic N) is 3. The van der Waals surface area contributed by atoms with Crippen molar-refractivity contribution < 1.29 is 18.3 Å². The summed E-state index contributed by atoms with van der Waals surface area (Å²) in [6.45, 7) is -0.0251. The van der Waals surface area contributed by atoms with Crippen molar-refractivity contribution in [2.24, 2.45) is 0 Å². The van der Waals surface area contributed by atoms with E-state index in [-0.39, 0.29) is 11.5 Å². The molecule has 0 saturated heterocycles. The lowest BCUT2D eigenvalue weighted by Crippen LogP contribution is -2.00. The molecule has 0 aliphatic heterocycles. The molecule has 1 heterocycles. The average molecular weight is 413 g/mol. The summed E-state index contributed by atoms with van der Waals surface area (Å²) in [4.78, 5) is 14.7. The molecular formula is C20H19N3O5S. The van der Waals surface area contributed by atoms with Crippen LogP contribution in [-0.2, 0) is 14.7 Å². The van der Waals surface area contributed by atoms with Crippen LogP contribution in [-0.4, -0.2) is 36.1 Å². The van der Waals surface area contributed by atoms with Crippen LogP contribution in [0.5, 0.6) is 0 Å². The number of rotatable bonds is 8. The SMILES string of the molecule is CS(=O)(=O)c1ccc(-c2cc(C=CCCO[N+](=O)[O-])nn2-c2ccccc2)cc1. The van der Waals surface area contributed by atoms with Crippen molar-refractivity contribution in [3.05, 3.63) is 82.5 Å². The van der Waals surface area contributed by atoms with Crippen molar-refractivity contribution in [1.29, 1.82) is 0 Å². The summed E-state index contributed by atoms with van der Waals surface area (Å²) in [7, 11) is -3.28. The van der Waals surface area contributed by atoms with Gasteiger partial charge in [0.05, 0.1) is 28.6 Å². The lowest BCUT2D eigenvalue weighted by molar-refractivity contribution is -0.757. The standard InChI is InChI=1S/C20H19N3O5S/c1-29(26,27)19-12-10-16(11-13-19)20-15-17(7-5-6-14-28-23(24)25)21-22(20)18-8-3-2-4-9-18/h2-5,7-13,15H,6,14H2,1H3. The zero-order valence-electron chi connectivity index (χ0n) is 15.6. The van der Waals surface area contributed by atoms with Gasteiger partial charge in [0.15, 0.2) is 9.84 Å². The van der Waals surface area contributed by atoms with Gasteiger partial charge in [-0.15, -0.1) is 10.1 Å². The van der Waals surface area contributed by atoms with E-state index in [1.807, 2.05) is 36.4 Å². The molecule has 0 aliphatic rings. The lowest BCUT2D eigenvalue weighted by Gasteiger charge is -2.08. The fourth-order valence-corrected chi connectivity index (χ4v) is 3.36. The first-order chi connectivity index (χ1) is 13.8. The van der Waals surface area contributed by atoms with Crippen molar-refractivity contribution >= 4 is 15.9 Å². The number of sulfone groups is 1. The third kappa shape index (κ3) is 5.29. The fraction of sp³-hybridized carbons (Fsp3) is 0.150. The van der Waals surface area contributed by atoms with E-state index in [1.54, 1.807) is 41.1 Å². The van der Waals surface area contributed by atoms with Gasteiger partial charge in [-0.05, 0) is 42.8 Å². The minimum atomic E-state index is -3.28. The molecule has 8 nitrogen and oxygen atoms in total. The summed E-state index contributed by atoms with van der Waals surface area (Å²) in [6, 6.07) is 18.0. The van der Waals surface area contributed by atoms with Gasteiger partial charge >= 0.3 is 0 Å². The molecule has 3 aromatic rings. The largest absolute Gasteiger partial charge is 0.314 e. The second-order valence-electron chi connectivity index (χ2n) is 6.25. The highest BCUT2D eigenvalue weighted by atomic mass is 32.2. The highest BCUT2D eigenvalue weighted by molar-refractivity contribution is 7.90. The maximum Gasteiger partial charge on any atom is 0.294 e. The van der Waals surface area contributed by atoms with Crippen LogP contribution in [0.15, 0.2) is 71.6 Å². The Morgan fingerprint density at radius 3 is 2.45 bits per heavy atom. The summed E-state index contributed by atoms with van der Waals surface area (Å²) < 4.78 is 25.2. The first kappa shape index (κ1) is 20.3. The van der Waals surface area contributed by atoms with Crippen molar-refractivity contribution in [2.45, 2.75) is 11.3 Å². The van der Waals surface area contributed by atoms with E-state index in [0.717, 1.165) is 16.9 Å². The lowest BCUT2D eigenvalue weighted by atomic mass is 10.1. The van der Waals surface area contributed by atoms with Gasteiger partial charge in [-0.3, -0.25) is 0 Å². The van der Waals surface area contributed by atoms with E-state index < -0.39 is 14.9 Å².